The predicted octanol–water partition coefficient (Wildman–Crippen LogP) is 5.51. The number of benzene rings is 3. The molecule has 1 heterocycles. The molecule has 6 nitrogen and oxygen atoms in total. The summed E-state index contributed by atoms with van der Waals surface area (Å²) in [6.07, 6.45) is -0.164. The van der Waals surface area contributed by atoms with Gasteiger partial charge in [-0.25, -0.2) is 0 Å². The van der Waals surface area contributed by atoms with Crippen molar-refractivity contribution in [2.75, 3.05) is 5.32 Å². The molecule has 4 aromatic rings. The van der Waals surface area contributed by atoms with Gasteiger partial charge in [-0.3, -0.25) is 4.79 Å². The molecule has 0 bridgehead atoms. The summed E-state index contributed by atoms with van der Waals surface area (Å²) < 4.78 is 12.0. The van der Waals surface area contributed by atoms with Gasteiger partial charge in [0.25, 0.3) is 11.8 Å². The molecule has 4 rings (SSSR count). The quantitative estimate of drug-likeness (QED) is 0.432. The van der Waals surface area contributed by atoms with Gasteiger partial charge in [0, 0.05) is 11.3 Å². The van der Waals surface area contributed by atoms with Crippen LogP contribution in [0.2, 0.25) is 0 Å². The maximum Gasteiger partial charge on any atom is 0.265 e. The maximum atomic E-state index is 12.8. The number of hydrogen-bond acceptors (Lipinski definition) is 5. The van der Waals surface area contributed by atoms with E-state index in [1.165, 1.54) is 0 Å². The van der Waals surface area contributed by atoms with Crippen LogP contribution in [0.5, 0.6) is 5.75 Å². The number of para-hydroxylation sites is 2. The third-order valence-electron chi connectivity index (χ3n) is 4.90. The van der Waals surface area contributed by atoms with E-state index in [9.17, 15) is 4.79 Å². The van der Waals surface area contributed by atoms with Crippen LogP contribution in [-0.2, 0) is 4.79 Å². The van der Waals surface area contributed by atoms with Crippen molar-refractivity contribution in [1.29, 1.82) is 0 Å². The van der Waals surface area contributed by atoms with Crippen LogP contribution in [0.25, 0.3) is 22.9 Å². The molecule has 0 fully saturated rings. The summed E-state index contributed by atoms with van der Waals surface area (Å²) >= 11 is 0. The van der Waals surface area contributed by atoms with Crippen molar-refractivity contribution < 1.29 is 13.9 Å². The number of ether oxygens (including phenoxy) is 1. The Morgan fingerprint density at radius 2 is 1.61 bits per heavy atom. The summed E-state index contributed by atoms with van der Waals surface area (Å²) in [7, 11) is 0. The van der Waals surface area contributed by atoms with Gasteiger partial charge in [0.2, 0.25) is 5.89 Å². The van der Waals surface area contributed by atoms with Gasteiger partial charge >= 0.3 is 0 Å². The molecular formula is C25H23N3O3. The second kappa shape index (κ2) is 9.26. The number of nitrogens with zero attached hydrogens (tertiary/aromatic N) is 2. The average Bonchev–Trinajstić information content (AvgIpc) is 3.30. The first-order valence-electron chi connectivity index (χ1n) is 10.2. The van der Waals surface area contributed by atoms with Crippen LogP contribution in [0, 0.1) is 6.92 Å². The van der Waals surface area contributed by atoms with Crippen LogP contribution >= 0.6 is 0 Å². The molecule has 6 heteroatoms. The van der Waals surface area contributed by atoms with E-state index in [0.717, 1.165) is 16.8 Å². The van der Waals surface area contributed by atoms with Gasteiger partial charge in [0.05, 0.1) is 5.56 Å². The highest BCUT2D eigenvalue weighted by Gasteiger charge is 2.22. The number of aromatic nitrogens is 2. The molecule has 1 amide bonds. The van der Waals surface area contributed by atoms with Crippen molar-refractivity contribution in [3.05, 3.63) is 84.4 Å². The van der Waals surface area contributed by atoms with Crippen LogP contribution in [0.1, 0.15) is 18.9 Å². The van der Waals surface area contributed by atoms with Crippen molar-refractivity contribution in [1.82, 2.24) is 10.2 Å². The largest absolute Gasteiger partial charge is 0.480 e. The average molecular weight is 413 g/mol. The van der Waals surface area contributed by atoms with Crippen LogP contribution < -0.4 is 10.1 Å². The third kappa shape index (κ3) is 4.64. The van der Waals surface area contributed by atoms with E-state index in [0.29, 0.717) is 29.5 Å². The third-order valence-corrected chi connectivity index (χ3v) is 4.90. The Labute approximate surface area is 180 Å². The summed E-state index contributed by atoms with van der Waals surface area (Å²) in [5, 5.41) is 11.3. The zero-order valence-corrected chi connectivity index (χ0v) is 17.4. The minimum absolute atomic E-state index is 0.206. The first-order valence-corrected chi connectivity index (χ1v) is 10.2. The monoisotopic (exact) mass is 413 g/mol. The number of carbonyl (C=O) groups is 1. The number of rotatable bonds is 7. The molecule has 0 aliphatic carbocycles. The molecular weight excluding hydrogens is 390 g/mol. The lowest BCUT2D eigenvalue weighted by atomic mass is 10.1. The van der Waals surface area contributed by atoms with E-state index >= 15 is 0 Å². The van der Waals surface area contributed by atoms with Crippen LogP contribution in [0.4, 0.5) is 5.69 Å². The Kier molecular flexibility index (Phi) is 6.08. The highest BCUT2D eigenvalue weighted by Crippen LogP contribution is 2.32. The molecule has 1 aromatic heterocycles. The summed E-state index contributed by atoms with van der Waals surface area (Å²) in [6, 6.07) is 24.6. The number of carbonyl (C=O) groups excluding carboxylic acids is 1. The molecule has 0 saturated heterocycles. The summed E-state index contributed by atoms with van der Waals surface area (Å²) in [4.78, 5) is 12.8. The number of hydrogen-bond donors (Lipinski definition) is 1. The highest BCUT2D eigenvalue weighted by molar-refractivity contribution is 5.95. The van der Waals surface area contributed by atoms with Gasteiger partial charge in [-0.1, -0.05) is 55.5 Å². The van der Waals surface area contributed by atoms with Crippen LogP contribution in [0.3, 0.4) is 0 Å². The lowest BCUT2D eigenvalue weighted by Crippen LogP contribution is -2.32. The van der Waals surface area contributed by atoms with E-state index < -0.39 is 6.10 Å². The Bertz CT molecular complexity index is 1170. The number of amides is 1. The predicted molar refractivity (Wildman–Crippen MR) is 120 cm³/mol. The van der Waals surface area contributed by atoms with Crippen molar-refractivity contribution >= 4 is 11.6 Å². The van der Waals surface area contributed by atoms with Gasteiger partial charge < -0.3 is 14.5 Å². The minimum Gasteiger partial charge on any atom is -0.480 e. The van der Waals surface area contributed by atoms with E-state index in [-0.39, 0.29) is 5.91 Å². The minimum atomic E-state index is -0.669. The summed E-state index contributed by atoms with van der Waals surface area (Å²) in [5.41, 5.74) is 3.24. The second-order valence-corrected chi connectivity index (χ2v) is 7.09. The van der Waals surface area contributed by atoms with Gasteiger partial charge in [0.15, 0.2) is 6.10 Å². The molecule has 0 saturated carbocycles. The van der Waals surface area contributed by atoms with Gasteiger partial charge in [-0.15, -0.1) is 10.2 Å². The van der Waals surface area contributed by atoms with E-state index in [2.05, 4.69) is 15.5 Å². The molecule has 0 aliphatic rings. The Hall–Kier alpha value is -3.93. The number of nitrogens with one attached hydrogen (secondary N) is 1. The van der Waals surface area contributed by atoms with Crippen molar-refractivity contribution in [2.45, 2.75) is 26.4 Å². The Balaban J connectivity index is 1.56. The SMILES string of the molecule is CC[C@@H](Oc1ccccc1-c1nnc(-c2ccccc2)o1)C(=O)Nc1ccccc1C. The van der Waals surface area contributed by atoms with Crippen LogP contribution in [0.15, 0.2) is 83.3 Å². The molecule has 3 aromatic carbocycles. The van der Waals surface area contributed by atoms with Gasteiger partial charge in [-0.2, -0.15) is 0 Å². The molecule has 0 radical (unpaired) electrons. The van der Waals surface area contributed by atoms with Crippen molar-refractivity contribution in [2.24, 2.45) is 0 Å². The standard InChI is InChI=1S/C25H23N3O3/c1-3-21(23(29)26-20-15-9-7-11-17(20)2)30-22-16-10-8-14-19(22)25-28-27-24(31-25)18-12-5-4-6-13-18/h4-16,21H,3H2,1-2H3,(H,26,29)/t21-/m1/s1. The fraction of sp³-hybridized carbons (Fsp3) is 0.160. The summed E-state index contributed by atoms with van der Waals surface area (Å²) in [5.74, 6) is 1.07. The zero-order valence-electron chi connectivity index (χ0n) is 17.4. The first kappa shape index (κ1) is 20.3. The molecule has 0 unspecified atom stereocenters. The molecule has 0 spiro atoms. The molecule has 1 atom stereocenters. The van der Waals surface area contributed by atoms with Crippen molar-refractivity contribution in [3.63, 3.8) is 0 Å². The Morgan fingerprint density at radius 3 is 2.39 bits per heavy atom. The van der Waals surface area contributed by atoms with Gasteiger partial charge in [-0.05, 0) is 49.2 Å². The van der Waals surface area contributed by atoms with Gasteiger partial charge in [0.1, 0.15) is 5.75 Å². The van der Waals surface area contributed by atoms with Crippen LogP contribution in [-0.4, -0.2) is 22.2 Å². The molecule has 1 N–H and O–H groups in total. The molecule has 31 heavy (non-hydrogen) atoms. The Morgan fingerprint density at radius 1 is 0.935 bits per heavy atom. The highest BCUT2D eigenvalue weighted by atomic mass is 16.5. The molecule has 156 valence electrons. The lowest BCUT2D eigenvalue weighted by Gasteiger charge is -2.19. The normalized spacial score (nSPS) is 11.7. The maximum absolute atomic E-state index is 12.8. The number of aryl methyl sites for hydroxylation is 1. The fourth-order valence-corrected chi connectivity index (χ4v) is 3.18. The zero-order chi connectivity index (χ0) is 21.6. The number of anilines is 1. The lowest BCUT2D eigenvalue weighted by molar-refractivity contribution is -0.122. The topological polar surface area (TPSA) is 77.2 Å². The molecule has 0 aliphatic heterocycles. The summed E-state index contributed by atoms with van der Waals surface area (Å²) in [6.45, 7) is 3.86. The second-order valence-electron chi connectivity index (χ2n) is 7.09. The van der Waals surface area contributed by atoms with E-state index in [1.807, 2.05) is 86.6 Å². The fourth-order valence-electron chi connectivity index (χ4n) is 3.18. The first-order chi connectivity index (χ1) is 15.2. The van der Waals surface area contributed by atoms with Crippen molar-refractivity contribution in [3.8, 4) is 28.7 Å². The smallest absolute Gasteiger partial charge is 0.265 e. The van der Waals surface area contributed by atoms with E-state index in [1.54, 1.807) is 6.07 Å². The van der Waals surface area contributed by atoms with E-state index in [4.69, 9.17) is 9.15 Å².